The standard InChI is InChI=1S/C10H12N2O3/c11-5-7-1-4-12(6-7)8(13)10(2-3-10)9(14)15/h7H,1-4,6H2,(H,14,15). The lowest BCUT2D eigenvalue weighted by atomic mass is 10.1. The Morgan fingerprint density at radius 1 is 1.47 bits per heavy atom. The maximum absolute atomic E-state index is 11.9. The Hall–Kier alpha value is -1.57. The fourth-order valence-corrected chi connectivity index (χ4v) is 2.00. The summed E-state index contributed by atoms with van der Waals surface area (Å²) in [5, 5.41) is 17.6. The fourth-order valence-electron chi connectivity index (χ4n) is 2.00. The van der Waals surface area contributed by atoms with Crippen molar-refractivity contribution in [3.8, 4) is 6.07 Å². The molecule has 2 rings (SSSR count). The number of rotatable bonds is 2. The first-order valence-corrected chi connectivity index (χ1v) is 5.02. The van der Waals surface area contributed by atoms with E-state index in [0.717, 1.165) is 0 Å². The number of nitriles is 1. The van der Waals surface area contributed by atoms with E-state index in [9.17, 15) is 9.59 Å². The molecule has 2 aliphatic rings. The van der Waals surface area contributed by atoms with Gasteiger partial charge in [0, 0.05) is 13.1 Å². The van der Waals surface area contributed by atoms with E-state index in [4.69, 9.17) is 10.4 Å². The molecule has 0 bridgehead atoms. The Morgan fingerprint density at radius 2 is 2.13 bits per heavy atom. The molecule has 0 spiro atoms. The summed E-state index contributed by atoms with van der Waals surface area (Å²) < 4.78 is 0. The predicted octanol–water partition coefficient (Wildman–Crippen LogP) is 0.223. The molecular formula is C10H12N2O3. The third-order valence-electron chi connectivity index (χ3n) is 3.23. The lowest BCUT2D eigenvalue weighted by Gasteiger charge is -2.19. The van der Waals surface area contributed by atoms with Gasteiger partial charge in [0.25, 0.3) is 0 Å². The molecule has 1 amide bonds. The molecule has 2 fully saturated rings. The number of carboxylic acids is 1. The fraction of sp³-hybridized carbons (Fsp3) is 0.700. The lowest BCUT2D eigenvalue weighted by molar-refractivity contribution is -0.152. The summed E-state index contributed by atoms with van der Waals surface area (Å²) in [6.07, 6.45) is 1.54. The summed E-state index contributed by atoms with van der Waals surface area (Å²) >= 11 is 0. The number of carbonyl (C=O) groups excluding carboxylic acids is 1. The highest BCUT2D eigenvalue weighted by molar-refractivity contribution is 6.04. The maximum Gasteiger partial charge on any atom is 0.319 e. The van der Waals surface area contributed by atoms with Crippen LogP contribution in [0.15, 0.2) is 0 Å². The molecule has 1 unspecified atom stereocenters. The van der Waals surface area contributed by atoms with Crippen molar-refractivity contribution in [3.05, 3.63) is 0 Å². The number of amides is 1. The van der Waals surface area contributed by atoms with Gasteiger partial charge in [-0.3, -0.25) is 9.59 Å². The van der Waals surface area contributed by atoms with Crippen LogP contribution in [0, 0.1) is 22.7 Å². The van der Waals surface area contributed by atoms with Gasteiger partial charge in [-0.1, -0.05) is 0 Å². The molecule has 1 aliphatic heterocycles. The second-order valence-electron chi connectivity index (χ2n) is 4.25. The number of carboxylic acid groups (broad SMARTS) is 1. The molecule has 80 valence electrons. The molecule has 1 N–H and O–H groups in total. The van der Waals surface area contributed by atoms with Crippen LogP contribution in [0.5, 0.6) is 0 Å². The quantitative estimate of drug-likeness (QED) is 0.658. The van der Waals surface area contributed by atoms with Crippen LogP contribution in [0.4, 0.5) is 0 Å². The zero-order valence-corrected chi connectivity index (χ0v) is 8.27. The lowest BCUT2D eigenvalue weighted by Crippen LogP contribution is -2.39. The van der Waals surface area contributed by atoms with E-state index in [0.29, 0.717) is 32.4 Å². The monoisotopic (exact) mass is 208 g/mol. The van der Waals surface area contributed by atoms with Crippen molar-refractivity contribution in [1.82, 2.24) is 4.90 Å². The van der Waals surface area contributed by atoms with Gasteiger partial charge >= 0.3 is 5.97 Å². The van der Waals surface area contributed by atoms with E-state index in [2.05, 4.69) is 6.07 Å². The first kappa shape index (κ1) is 9.97. The van der Waals surface area contributed by atoms with Crippen molar-refractivity contribution in [2.75, 3.05) is 13.1 Å². The molecule has 1 aliphatic carbocycles. The Balaban J connectivity index is 2.05. The number of hydrogen-bond donors (Lipinski definition) is 1. The summed E-state index contributed by atoms with van der Waals surface area (Å²) in [5.74, 6) is -1.45. The Bertz CT molecular complexity index is 354. The maximum atomic E-state index is 11.9. The topological polar surface area (TPSA) is 81.4 Å². The first-order valence-electron chi connectivity index (χ1n) is 5.02. The van der Waals surface area contributed by atoms with Crippen LogP contribution < -0.4 is 0 Å². The Labute approximate surface area is 87.3 Å². The third kappa shape index (κ3) is 1.46. The van der Waals surface area contributed by atoms with E-state index < -0.39 is 11.4 Å². The van der Waals surface area contributed by atoms with Crippen LogP contribution in [0.1, 0.15) is 19.3 Å². The van der Waals surface area contributed by atoms with Crippen molar-refractivity contribution in [2.45, 2.75) is 19.3 Å². The van der Waals surface area contributed by atoms with Gasteiger partial charge in [0.2, 0.25) is 5.91 Å². The van der Waals surface area contributed by atoms with Gasteiger partial charge in [-0.05, 0) is 19.3 Å². The summed E-state index contributed by atoms with van der Waals surface area (Å²) in [6.45, 7) is 0.913. The van der Waals surface area contributed by atoms with Crippen molar-refractivity contribution in [2.24, 2.45) is 11.3 Å². The number of hydrogen-bond acceptors (Lipinski definition) is 3. The molecule has 1 saturated heterocycles. The minimum Gasteiger partial charge on any atom is -0.480 e. The largest absolute Gasteiger partial charge is 0.480 e. The second kappa shape index (κ2) is 3.23. The molecule has 5 nitrogen and oxygen atoms in total. The van der Waals surface area contributed by atoms with Crippen LogP contribution in [-0.4, -0.2) is 35.0 Å². The zero-order chi connectivity index (χ0) is 11.1. The van der Waals surface area contributed by atoms with Gasteiger partial charge in [0.1, 0.15) is 5.41 Å². The Morgan fingerprint density at radius 3 is 2.53 bits per heavy atom. The summed E-state index contributed by atoms with van der Waals surface area (Å²) in [6, 6.07) is 2.11. The minimum atomic E-state index is -1.15. The van der Waals surface area contributed by atoms with Crippen LogP contribution in [-0.2, 0) is 9.59 Å². The SMILES string of the molecule is N#CC1CCN(C(=O)C2(C(=O)O)CC2)C1. The summed E-state index contributed by atoms with van der Waals surface area (Å²) in [5.41, 5.74) is -1.15. The van der Waals surface area contributed by atoms with Crippen molar-refractivity contribution in [3.63, 3.8) is 0 Å². The van der Waals surface area contributed by atoms with Gasteiger partial charge in [0.15, 0.2) is 0 Å². The molecule has 15 heavy (non-hydrogen) atoms. The van der Waals surface area contributed by atoms with E-state index in [-0.39, 0.29) is 11.8 Å². The summed E-state index contributed by atoms with van der Waals surface area (Å²) in [4.78, 5) is 24.3. The van der Waals surface area contributed by atoms with Gasteiger partial charge in [0.05, 0.1) is 12.0 Å². The van der Waals surface area contributed by atoms with Gasteiger partial charge in [-0.2, -0.15) is 5.26 Å². The highest BCUT2D eigenvalue weighted by Gasteiger charge is 2.59. The number of nitrogens with zero attached hydrogens (tertiary/aromatic N) is 2. The van der Waals surface area contributed by atoms with Gasteiger partial charge in [-0.15, -0.1) is 0 Å². The second-order valence-corrected chi connectivity index (χ2v) is 4.25. The van der Waals surface area contributed by atoms with E-state index >= 15 is 0 Å². The molecule has 0 aromatic rings. The highest BCUT2D eigenvalue weighted by Crippen LogP contribution is 2.48. The van der Waals surface area contributed by atoms with Crippen molar-refractivity contribution < 1.29 is 14.7 Å². The third-order valence-corrected chi connectivity index (χ3v) is 3.23. The molecule has 1 heterocycles. The molecule has 1 atom stereocenters. The smallest absolute Gasteiger partial charge is 0.319 e. The average Bonchev–Trinajstić information content (AvgIpc) is 2.89. The zero-order valence-electron chi connectivity index (χ0n) is 8.27. The van der Waals surface area contributed by atoms with Crippen LogP contribution in [0.25, 0.3) is 0 Å². The highest BCUT2D eigenvalue weighted by atomic mass is 16.4. The van der Waals surface area contributed by atoms with Gasteiger partial charge < -0.3 is 10.0 Å². The van der Waals surface area contributed by atoms with Crippen LogP contribution >= 0.6 is 0 Å². The van der Waals surface area contributed by atoms with Crippen molar-refractivity contribution in [1.29, 1.82) is 5.26 Å². The number of aliphatic carboxylic acids is 1. The molecular weight excluding hydrogens is 196 g/mol. The minimum absolute atomic E-state index is 0.126. The molecule has 0 radical (unpaired) electrons. The van der Waals surface area contributed by atoms with Crippen LogP contribution in [0.3, 0.4) is 0 Å². The Kier molecular flexibility index (Phi) is 2.14. The molecule has 1 saturated carbocycles. The van der Waals surface area contributed by atoms with Gasteiger partial charge in [-0.25, -0.2) is 0 Å². The molecule has 5 heteroatoms. The number of carbonyl (C=O) groups is 2. The van der Waals surface area contributed by atoms with E-state index in [1.54, 1.807) is 0 Å². The predicted molar refractivity (Wildman–Crippen MR) is 49.6 cm³/mol. The molecule has 0 aromatic heterocycles. The van der Waals surface area contributed by atoms with Crippen molar-refractivity contribution >= 4 is 11.9 Å². The molecule has 0 aromatic carbocycles. The first-order chi connectivity index (χ1) is 7.10. The van der Waals surface area contributed by atoms with E-state index in [1.807, 2.05) is 0 Å². The van der Waals surface area contributed by atoms with Crippen LogP contribution in [0.2, 0.25) is 0 Å². The summed E-state index contributed by atoms with van der Waals surface area (Å²) in [7, 11) is 0. The normalized spacial score (nSPS) is 27.1. The number of likely N-dealkylation sites (tertiary alicyclic amines) is 1. The average molecular weight is 208 g/mol. The van der Waals surface area contributed by atoms with E-state index in [1.165, 1.54) is 4.90 Å².